The summed E-state index contributed by atoms with van der Waals surface area (Å²) in [5, 5.41) is 8.50. The summed E-state index contributed by atoms with van der Waals surface area (Å²) in [6, 6.07) is 3.41. The van der Waals surface area contributed by atoms with Gasteiger partial charge in [-0.25, -0.2) is 18.6 Å². The molecule has 0 unspecified atom stereocenters. The highest BCUT2D eigenvalue weighted by molar-refractivity contribution is 6.32. The van der Waals surface area contributed by atoms with Gasteiger partial charge in [0.2, 0.25) is 5.92 Å². The molecule has 0 bridgehead atoms. The Labute approximate surface area is 158 Å². The quantitative estimate of drug-likeness (QED) is 0.605. The molecule has 27 heavy (non-hydrogen) atoms. The normalized spacial score (nSPS) is 17.5. The van der Waals surface area contributed by atoms with Crippen LogP contribution in [0.5, 0.6) is 0 Å². The van der Waals surface area contributed by atoms with Gasteiger partial charge in [0.15, 0.2) is 10.8 Å². The molecular formula is C18H17ClF2N4O2. The second-order valence-corrected chi connectivity index (χ2v) is 7.26. The zero-order chi connectivity index (χ0) is 19.3. The number of hydrogen-bond acceptors (Lipinski definition) is 5. The second kappa shape index (κ2) is 6.37. The molecular weight excluding hydrogens is 378 g/mol. The van der Waals surface area contributed by atoms with Crippen LogP contribution in [0.2, 0.25) is 5.15 Å². The lowest BCUT2D eigenvalue weighted by Gasteiger charge is -2.27. The van der Waals surface area contributed by atoms with Gasteiger partial charge in [-0.3, -0.25) is 4.40 Å². The molecule has 0 spiro atoms. The number of nitrogens with zero attached hydrogens (tertiary/aromatic N) is 4. The van der Waals surface area contributed by atoms with Gasteiger partial charge >= 0.3 is 5.97 Å². The number of methoxy groups -OCH3 is 1. The topological polar surface area (TPSA) is 69.4 Å². The maximum atomic E-state index is 13.5. The molecule has 2 aromatic heterocycles. The molecule has 142 valence electrons. The van der Waals surface area contributed by atoms with Crippen LogP contribution in [0.25, 0.3) is 16.7 Å². The van der Waals surface area contributed by atoms with E-state index in [-0.39, 0.29) is 23.9 Å². The summed E-state index contributed by atoms with van der Waals surface area (Å²) in [7, 11) is 1.31. The fraction of sp³-hybridized carbons (Fsp3) is 0.444. The predicted octanol–water partition coefficient (Wildman–Crippen LogP) is 4.32. The van der Waals surface area contributed by atoms with Gasteiger partial charge in [-0.1, -0.05) is 11.6 Å². The van der Waals surface area contributed by atoms with Crippen molar-refractivity contribution in [2.45, 2.75) is 44.4 Å². The molecule has 0 atom stereocenters. The first-order chi connectivity index (χ1) is 12.8. The van der Waals surface area contributed by atoms with Crippen molar-refractivity contribution in [2.75, 3.05) is 7.11 Å². The molecule has 1 aliphatic rings. The van der Waals surface area contributed by atoms with Gasteiger partial charge in [0.1, 0.15) is 5.82 Å². The van der Waals surface area contributed by atoms with Crippen molar-refractivity contribution in [3.8, 4) is 0 Å². The van der Waals surface area contributed by atoms with Crippen molar-refractivity contribution in [3.63, 3.8) is 0 Å². The van der Waals surface area contributed by atoms with Crippen molar-refractivity contribution in [1.82, 2.24) is 19.6 Å². The number of carbonyl (C=O) groups is 1. The summed E-state index contributed by atoms with van der Waals surface area (Å²) >= 11 is 6.27. The lowest BCUT2D eigenvalue weighted by Crippen LogP contribution is -2.24. The maximum absolute atomic E-state index is 13.5. The third kappa shape index (κ3) is 3.01. The smallest absolute Gasteiger partial charge is 0.338 e. The van der Waals surface area contributed by atoms with E-state index in [4.69, 9.17) is 16.3 Å². The first-order valence-electron chi connectivity index (χ1n) is 8.62. The standard InChI is InChI=1S/C18H17ClF2N4O2/c1-9-7-13-12(8-11(9)17(26)27-2)22-14(19)16-24-23-15(25(13)16)10-3-5-18(20,21)6-4-10/h7-8,10H,3-6H2,1-2H3. The monoisotopic (exact) mass is 394 g/mol. The second-order valence-electron chi connectivity index (χ2n) is 6.90. The van der Waals surface area contributed by atoms with E-state index in [0.717, 1.165) is 0 Å². The van der Waals surface area contributed by atoms with Crippen LogP contribution in [0, 0.1) is 6.92 Å². The zero-order valence-electron chi connectivity index (χ0n) is 14.8. The first kappa shape index (κ1) is 18.0. The largest absolute Gasteiger partial charge is 0.465 e. The van der Waals surface area contributed by atoms with Gasteiger partial charge in [0.05, 0.1) is 23.7 Å². The molecule has 2 heterocycles. The highest BCUT2D eigenvalue weighted by Gasteiger charge is 2.37. The van der Waals surface area contributed by atoms with Crippen LogP contribution < -0.4 is 0 Å². The third-order valence-corrected chi connectivity index (χ3v) is 5.39. The van der Waals surface area contributed by atoms with E-state index in [1.165, 1.54) is 7.11 Å². The highest BCUT2D eigenvalue weighted by Crippen LogP contribution is 2.41. The summed E-state index contributed by atoms with van der Waals surface area (Å²) in [6.45, 7) is 1.79. The number of aromatic nitrogens is 4. The number of carbonyl (C=O) groups excluding carboxylic acids is 1. The van der Waals surface area contributed by atoms with Crippen molar-refractivity contribution in [2.24, 2.45) is 0 Å². The Morgan fingerprint density at radius 3 is 2.67 bits per heavy atom. The molecule has 0 saturated heterocycles. The Bertz CT molecular complexity index is 1060. The SMILES string of the molecule is COC(=O)c1cc2nc(Cl)c3nnc(C4CCC(F)(F)CC4)n3c2cc1C. The van der Waals surface area contributed by atoms with E-state index in [2.05, 4.69) is 15.2 Å². The van der Waals surface area contributed by atoms with Crippen molar-refractivity contribution < 1.29 is 18.3 Å². The van der Waals surface area contributed by atoms with Gasteiger partial charge in [0, 0.05) is 18.8 Å². The summed E-state index contributed by atoms with van der Waals surface area (Å²) in [5.74, 6) is -2.63. The minimum atomic E-state index is -2.62. The Hall–Kier alpha value is -2.35. The Balaban J connectivity index is 1.91. The molecule has 1 fully saturated rings. The lowest BCUT2D eigenvalue weighted by molar-refractivity contribution is -0.0388. The number of rotatable bonds is 2. The molecule has 0 amide bonds. The number of benzene rings is 1. The Morgan fingerprint density at radius 1 is 1.30 bits per heavy atom. The molecule has 6 nitrogen and oxygen atoms in total. The fourth-order valence-corrected chi connectivity index (χ4v) is 3.88. The van der Waals surface area contributed by atoms with E-state index < -0.39 is 11.9 Å². The van der Waals surface area contributed by atoms with E-state index in [1.54, 1.807) is 23.5 Å². The Kier molecular flexibility index (Phi) is 4.25. The number of aryl methyl sites for hydroxylation is 1. The van der Waals surface area contributed by atoms with Crippen molar-refractivity contribution >= 4 is 34.3 Å². The average Bonchev–Trinajstić information content (AvgIpc) is 3.07. The average molecular weight is 395 g/mol. The van der Waals surface area contributed by atoms with Crippen LogP contribution in [0.3, 0.4) is 0 Å². The minimum Gasteiger partial charge on any atom is -0.465 e. The lowest BCUT2D eigenvalue weighted by atomic mass is 9.86. The van der Waals surface area contributed by atoms with E-state index >= 15 is 0 Å². The van der Waals surface area contributed by atoms with Gasteiger partial charge in [0.25, 0.3) is 0 Å². The zero-order valence-corrected chi connectivity index (χ0v) is 15.6. The number of halogens is 3. The van der Waals surface area contributed by atoms with E-state index in [9.17, 15) is 13.6 Å². The van der Waals surface area contributed by atoms with Crippen LogP contribution in [0.4, 0.5) is 8.78 Å². The third-order valence-electron chi connectivity index (χ3n) is 5.14. The molecule has 1 saturated carbocycles. The minimum absolute atomic E-state index is 0.137. The summed E-state index contributed by atoms with van der Waals surface area (Å²) in [5.41, 5.74) is 2.63. The molecule has 1 aliphatic carbocycles. The van der Waals surface area contributed by atoms with Gasteiger partial charge in [-0.05, 0) is 37.5 Å². The first-order valence-corrected chi connectivity index (χ1v) is 8.99. The van der Waals surface area contributed by atoms with E-state index in [0.29, 0.717) is 46.5 Å². The summed E-state index contributed by atoms with van der Waals surface area (Å²) in [6.07, 6.45) is 0.312. The number of hydrogen-bond donors (Lipinski definition) is 0. The van der Waals surface area contributed by atoms with Gasteiger partial charge < -0.3 is 4.74 Å². The number of ether oxygens (including phenoxy) is 1. The van der Waals surface area contributed by atoms with Gasteiger partial charge in [-0.15, -0.1) is 10.2 Å². The maximum Gasteiger partial charge on any atom is 0.338 e. The summed E-state index contributed by atoms with van der Waals surface area (Å²) in [4.78, 5) is 16.3. The molecule has 3 aromatic rings. The van der Waals surface area contributed by atoms with Crippen molar-refractivity contribution in [3.05, 3.63) is 34.2 Å². The van der Waals surface area contributed by atoms with Gasteiger partial charge in [-0.2, -0.15) is 0 Å². The number of fused-ring (bicyclic) bond motifs is 3. The fourth-order valence-electron chi connectivity index (χ4n) is 3.67. The van der Waals surface area contributed by atoms with Crippen LogP contribution >= 0.6 is 11.6 Å². The number of alkyl halides is 2. The highest BCUT2D eigenvalue weighted by atomic mass is 35.5. The predicted molar refractivity (Wildman–Crippen MR) is 95.5 cm³/mol. The van der Waals surface area contributed by atoms with Crippen LogP contribution in [-0.2, 0) is 4.74 Å². The number of esters is 1. The van der Waals surface area contributed by atoms with Crippen LogP contribution in [0.15, 0.2) is 12.1 Å². The van der Waals surface area contributed by atoms with Crippen molar-refractivity contribution in [1.29, 1.82) is 0 Å². The molecule has 0 aliphatic heterocycles. The molecule has 0 N–H and O–H groups in total. The van der Waals surface area contributed by atoms with Crippen LogP contribution in [-0.4, -0.2) is 38.6 Å². The summed E-state index contributed by atoms with van der Waals surface area (Å²) < 4.78 is 33.7. The molecule has 9 heteroatoms. The van der Waals surface area contributed by atoms with Crippen LogP contribution in [0.1, 0.15) is 53.3 Å². The molecule has 0 radical (unpaired) electrons. The van der Waals surface area contributed by atoms with E-state index in [1.807, 2.05) is 0 Å². The Morgan fingerprint density at radius 2 is 2.00 bits per heavy atom. The molecule has 1 aromatic carbocycles. The molecule has 4 rings (SSSR count).